The number of nitrogens with two attached hydrogens (primary N) is 1. The molecular weight excluding hydrogens is 484 g/mol. The van der Waals surface area contributed by atoms with E-state index in [0.717, 1.165) is 28.9 Å². The van der Waals surface area contributed by atoms with Crippen LogP contribution in [0.1, 0.15) is 63.5 Å². The van der Waals surface area contributed by atoms with E-state index in [1.165, 1.54) is 16.7 Å². The molecule has 0 aliphatic carbocycles. The third-order valence-electron chi connectivity index (χ3n) is 7.15. The predicted octanol–water partition coefficient (Wildman–Crippen LogP) is 6.63. The molecule has 200 valence electrons. The van der Waals surface area contributed by atoms with Gasteiger partial charge in [0.25, 0.3) is 5.91 Å². The first-order valence-corrected chi connectivity index (χ1v) is 13.6. The summed E-state index contributed by atoms with van der Waals surface area (Å²) in [5.74, 6) is 1.41. The number of rotatable bonds is 10. The molecule has 0 fully saturated rings. The van der Waals surface area contributed by atoms with Crippen molar-refractivity contribution in [2.45, 2.75) is 52.5 Å². The van der Waals surface area contributed by atoms with E-state index in [2.05, 4.69) is 32.0 Å². The van der Waals surface area contributed by atoms with E-state index in [1.807, 2.05) is 77.7 Å². The van der Waals surface area contributed by atoms with Gasteiger partial charge in [0.05, 0.1) is 5.56 Å². The first kappa shape index (κ1) is 26.5. The quantitative estimate of drug-likeness (QED) is 0.255. The van der Waals surface area contributed by atoms with E-state index in [4.69, 9.17) is 15.2 Å². The summed E-state index contributed by atoms with van der Waals surface area (Å²) in [5.41, 5.74) is 13.0. The van der Waals surface area contributed by atoms with Crippen LogP contribution in [0.3, 0.4) is 0 Å². The number of carbonyl (C=O) groups is 1. The maximum Gasteiger partial charge on any atom is 0.258 e. The molecule has 0 unspecified atom stereocenters. The molecule has 0 saturated heterocycles. The molecule has 0 spiro atoms. The summed E-state index contributed by atoms with van der Waals surface area (Å²) in [4.78, 5) is 15.9. The van der Waals surface area contributed by atoms with Crippen LogP contribution < -0.4 is 15.2 Å². The number of hydrogen-bond acceptors (Lipinski definition) is 4. The van der Waals surface area contributed by atoms with Crippen LogP contribution in [-0.2, 0) is 32.7 Å². The van der Waals surface area contributed by atoms with E-state index in [0.29, 0.717) is 44.2 Å². The average Bonchev–Trinajstić information content (AvgIpc) is 3.39. The van der Waals surface area contributed by atoms with Crippen LogP contribution in [0.4, 0.5) is 0 Å². The summed E-state index contributed by atoms with van der Waals surface area (Å²) in [7, 11) is 0. The van der Waals surface area contributed by atoms with Crippen LogP contribution in [0.25, 0.3) is 0 Å². The minimum atomic E-state index is -0.0360. The second kappa shape index (κ2) is 12.2. The molecule has 1 aliphatic rings. The Bertz CT molecular complexity index is 1420. The van der Waals surface area contributed by atoms with Crippen molar-refractivity contribution < 1.29 is 14.3 Å². The molecule has 2 N–H and O–H groups in total. The van der Waals surface area contributed by atoms with Crippen molar-refractivity contribution in [3.63, 3.8) is 0 Å². The Kier molecular flexibility index (Phi) is 8.28. The van der Waals surface area contributed by atoms with Gasteiger partial charge in [0, 0.05) is 19.2 Å². The van der Waals surface area contributed by atoms with E-state index in [9.17, 15) is 4.79 Å². The number of fused-ring (bicyclic) bond motifs is 1. The van der Waals surface area contributed by atoms with Gasteiger partial charge in [-0.2, -0.15) is 0 Å². The Morgan fingerprint density at radius 1 is 0.769 bits per heavy atom. The summed E-state index contributed by atoms with van der Waals surface area (Å²) in [6.45, 7) is 6.82. The third kappa shape index (κ3) is 6.32. The van der Waals surface area contributed by atoms with Gasteiger partial charge >= 0.3 is 0 Å². The van der Waals surface area contributed by atoms with Gasteiger partial charge in [-0.15, -0.1) is 0 Å². The van der Waals surface area contributed by atoms with Gasteiger partial charge in [0.2, 0.25) is 0 Å². The van der Waals surface area contributed by atoms with Crippen molar-refractivity contribution in [2.24, 2.45) is 5.73 Å². The molecule has 5 heteroatoms. The highest BCUT2D eigenvalue weighted by Crippen LogP contribution is 2.37. The van der Waals surface area contributed by atoms with Gasteiger partial charge in [-0.1, -0.05) is 92.7 Å². The number of hydrogen-bond donors (Lipinski definition) is 1. The first-order valence-electron chi connectivity index (χ1n) is 13.6. The van der Waals surface area contributed by atoms with Gasteiger partial charge in [-0.25, -0.2) is 0 Å². The number of carbonyl (C=O) groups excluding carboxylic acids is 1. The van der Waals surface area contributed by atoms with Crippen molar-refractivity contribution in [3.8, 4) is 11.5 Å². The molecule has 0 radical (unpaired) electrons. The Labute approximate surface area is 231 Å². The molecule has 39 heavy (non-hydrogen) atoms. The Balaban J connectivity index is 1.45. The Morgan fingerprint density at radius 3 is 2.00 bits per heavy atom. The number of ether oxygens (including phenoxy) is 2. The fourth-order valence-electron chi connectivity index (χ4n) is 5.00. The molecule has 0 bridgehead atoms. The highest BCUT2D eigenvalue weighted by molar-refractivity contribution is 5.98. The Hall–Kier alpha value is -4.09. The largest absolute Gasteiger partial charge is 0.488 e. The lowest BCUT2D eigenvalue weighted by Gasteiger charge is -2.22. The molecule has 0 atom stereocenters. The van der Waals surface area contributed by atoms with Crippen LogP contribution in [0.15, 0.2) is 91.0 Å². The van der Waals surface area contributed by atoms with Crippen molar-refractivity contribution >= 4 is 5.91 Å². The van der Waals surface area contributed by atoms with E-state index in [-0.39, 0.29) is 11.8 Å². The second-order valence-electron chi connectivity index (χ2n) is 10.4. The summed E-state index contributed by atoms with van der Waals surface area (Å²) < 4.78 is 12.6. The number of benzene rings is 4. The molecule has 0 aromatic heterocycles. The van der Waals surface area contributed by atoms with Gasteiger partial charge in [-0.3, -0.25) is 4.79 Å². The Morgan fingerprint density at radius 2 is 1.38 bits per heavy atom. The lowest BCUT2D eigenvalue weighted by molar-refractivity contribution is 0.0746. The maximum atomic E-state index is 14.0. The SMILES string of the molecule is CC(C)c1cc(C(=O)N2Cc3ccc(CCN)cc3C2)c(OCc2ccccc2)cc1OCc1ccccc1. The third-order valence-corrected chi connectivity index (χ3v) is 7.15. The van der Waals surface area contributed by atoms with Gasteiger partial charge in [0.15, 0.2) is 0 Å². The standard InChI is InChI=1S/C34H36N2O3/c1-24(2)30-18-31(34(37)36-20-28-14-13-25(15-16-35)17-29(28)21-36)33(39-23-27-11-7-4-8-12-27)19-32(30)38-22-26-9-5-3-6-10-26/h3-14,17-19,24H,15-16,20-23,35H2,1-2H3. The van der Waals surface area contributed by atoms with Crippen molar-refractivity contribution in [3.05, 3.63) is 130 Å². The highest BCUT2D eigenvalue weighted by Gasteiger charge is 2.28. The van der Waals surface area contributed by atoms with E-state index >= 15 is 0 Å². The number of nitrogens with zero attached hydrogens (tertiary/aromatic N) is 1. The van der Waals surface area contributed by atoms with Crippen LogP contribution in [-0.4, -0.2) is 17.4 Å². The summed E-state index contributed by atoms with van der Waals surface area (Å²) in [5, 5.41) is 0. The number of amides is 1. The lowest BCUT2D eigenvalue weighted by Crippen LogP contribution is -2.26. The minimum Gasteiger partial charge on any atom is -0.488 e. The maximum absolute atomic E-state index is 14.0. The van der Waals surface area contributed by atoms with Gasteiger partial charge in [0.1, 0.15) is 24.7 Å². The van der Waals surface area contributed by atoms with E-state index < -0.39 is 0 Å². The highest BCUT2D eigenvalue weighted by atomic mass is 16.5. The molecule has 5 nitrogen and oxygen atoms in total. The molecule has 1 aliphatic heterocycles. The van der Waals surface area contributed by atoms with E-state index in [1.54, 1.807) is 0 Å². The van der Waals surface area contributed by atoms with Crippen molar-refractivity contribution in [2.75, 3.05) is 6.54 Å². The normalized spacial score (nSPS) is 12.5. The summed E-state index contributed by atoms with van der Waals surface area (Å²) in [6.07, 6.45) is 0.834. The van der Waals surface area contributed by atoms with Gasteiger partial charge < -0.3 is 20.1 Å². The molecular formula is C34H36N2O3. The molecule has 1 amide bonds. The van der Waals surface area contributed by atoms with Crippen molar-refractivity contribution in [1.82, 2.24) is 4.90 Å². The zero-order valence-corrected chi connectivity index (χ0v) is 22.7. The molecule has 1 heterocycles. The first-order chi connectivity index (χ1) is 19.0. The van der Waals surface area contributed by atoms with Crippen LogP contribution in [0.5, 0.6) is 11.5 Å². The second-order valence-corrected chi connectivity index (χ2v) is 10.4. The van der Waals surface area contributed by atoms with Crippen LogP contribution in [0.2, 0.25) is 0 Å². The topological polar surface area (TPSA) is 64.8 Å². The summed E-state index contributed by atoms with van der Waals surface area (Å²) >= 11 is 0. The monoisotopic (exact) mass is 520 g/mol. The fourth-order valence-corrected chi connectivity index (χ4v) is 5.00. The van der Waals surface area contributed by atoms with Crippen molar-refractivity contribution in [1.29, 1.82) is 0 Å². The zero-order valence-electron chi connectivity index (χ0n) is 22.7. The van der Waals surface area contributed by atoms with Crippen LogP contribution >= 0.6 is 0 Å². The minimum absolute atomic E-state index is 0.0360. The van der Waals surface area contributed by atoms with Crippen LogP contribution in [0, 0.1) is 0 Å². The lowest BCUT2D eigenvalue weighted by atomic mass is 9.98. The fraction of sp³-hybridized carbons (Fsp3) is 0.265. The molecule has 0 saturated carbocycles. The zero-order chi connectivity index (χ0) is 27.2. The molecule has 5 rings (SSSR count). The van der Waals surface area contributed by atoms with Gasteiger partial charge in [-0.05, 0) is 58.3 Å². The predicted molar refractivity (Wildman–Crippen MR) is 155 cm³/mol. The average molecular weight is 521 g/mol. The summed E-state index contributed by atoms with van der Waals surface area (Å²) in [6, 6.07) is 30.4. The smallest absolute Gasteiger partial charge is 0.258 e. The molecule has 4 aromatic rings. The molecule has 4 aromatic carbocycles.